The number of alkyl halides is 2. The molecule has 132 valence electrons. The van der Waals surface area contributed by atoms with Gasteiger partial charge in [-0.2, -0.15) is 0 Å². The molecule has 1 atom stereocenters. The van der Waals surface area contributed by atoms with Crippen molar-refractivity contribution in [2.75, 3.05) is 18.0 Å². The van der Waals surface area contributed by atoms with E-state index in [1.807, 2.05) is 4.90 Å². The normalized spacial score (nSPS) is 26.3. The van der Waals surface area contributed by atoms with Gasteiger partial charge < -0.3 is 15.3 Å². The van der Waals surface area contributed by atoms with E-state index in [1.54, 1.807) is 19.1 Å². The van der Waals surface area contributed by atoms with Crippen molar-refractivity contribution < 1.29 is 14.3 Å². The van der Waals surface area contributed by atoms with Crippen LogP contribution < -0.4 is 10.2 Å². The minimum absolute atomic E-state index is 0.220. The van der Waals surface area contributed by atoms with E-state index in [-0.39, 0.29) is 24.4 Å². The molecule has 3 rings (SSSR count). The lowest BCUT2D eigenvalue weighted by molar-refractivity contribution is -0.125. The third-order valence-corrected chi connectivity index (χ3v) is 6.13. The molecule has 7 heteroatoms. The lowest BCUT2D eigenvalue weighted by atomic mass is 10.1. The topological polar surface area (TPSA) is 52.6 Å². The van der Waals surface area contributed by atoms with E-state index in [4.69, 9.17) is 23.2 Å². The SMILES string of the molecule is CC1(C(=O)NCc2ccc(N3CCC(O)CC3)c(F)c2)CC1(Cl)Cl. The average Bonchev–Trinajstić information content (AvgIpc) is 3.06. The molecule has 1 aromatic carbocycles. The Kier molecular flexibility index (Phi) is 4.71. The predicted molar refractivity (Wildman–Crippen MR) is 92.9 cm³/mol. The number of amides is 1. The van der Waals surface area contributed by atoms with E-state index in [2.05, 4.69) is 5.32 Å². The first-order chi connectivity index (χ1) is 11.2. The Hall–Kier alpha value is -1.04. The molecule has 1 aromatic rings. The van der Waals surface area contributed by atoms with Crippen molar-refractivity contribution in [2.45, 2.75) is 43.2 Å². The highest BCUT2D eigenvalue weighted by Crippen LogP contribution is 2.63. The average molecular weight is 375 g/mol. The number of piperidine rings is 1. The summed E-state index contributed by atoms with van der Waals surface area (Å²) >= 11 is 12.0. The van der Waals surface area contributed by atoms with E-state index >= 15 is 0 Å². The lowest BCUT2D eigenvalue weighted by Gasteiger charge is -2.31. The number of halogens is 3. The Morgan fingerprint density at radius 2 is 2.04 bits per heavy atom. The van der Waals surface area contributed by atoms with E-state index in [0.29, 0.717) is 43.6 Å². The van der Waals surface area contributed by atoms with Gasteiger partial charge in [0.25, 0.3) is 0 Å². The molecule has 0 spiro atoms. The van der Waals surface area contributed by atoms with Crippen molar-refractivity contribution in [3.05, 3.63) is 29.6 Å². The molecule has 2 fully saturated rings. The molecule has 1 saturated heterocycles. The van der Waals surface area contributed by atoms with E-state index in [1.165, 1.54) is 6.07 Å². The zero-order valence-electron chi connectivity index (χ0n) is 13.5. The highest BCUT2D eigenvalue weighted by molar-refractivity contribution is 6.53. The third kappa shape index (κ3) is 3.35. The van der Waals surface area contributed by atoms with Gasteiger partial charge in [0.1, 0.15) is 10.2 Å². The zero-order chi connectivity index (χ0) is 17.5. The molecule has 24 heavy (non-hydrogen) atoms. The molecule has 1 unspecified atom stereocenters. The first-order valence-electron chi connectivity index (χ1n) is 8.10. The number of carbonyl (C=O) groups excluding carboxylic acids is 1. The fraction of sp³-hybridized carbons (Fsp3) is 0.588. The van der Waals surface area contributed by atoms with E-state index < -0.39 is 9.75 Å². The van der Waals surface area contributed by atoms with Gasteiger partial charge in [0.2, 0.25) is 5.91 Å². The zero-order valence-corrected chi connectivity index (χ0v) is 15.0. The molecule has 0 bridgehead atoms. The van der Waals surface area contributed by atoms with Gasteiger partial charge in [-0.25, -0.2) is 4.39 Å². The molecule has 4 nitrogen and oxygen atoms in total. The maximum absolute atomic E-state index is 14.4. The number of hydrogen-bond donors (Lipinski definition) is 2. The summed E-state index contributed by atoms with van der Waals surface area (Å²) < 4.78 is 13.4. The second-order valence-corrected chi connectivity index (χ2v) is 8.38. The monoisotopic (exact) mass is 374 g/mol. The van der Waals surface area contributed by atoms with Crippen LogP contribution in [0.2, 0.25) is 0 Å². The molecule has 0 aromatic heterocycles. The predicted octanol–water partition coefficient (Wildman–Crippen LogP) is 2.99. The Bertz CT molecular complexity index is 647. The highest BCUT2D eigenvalue weighted by atomic mass is 35.5. The van der Waals surface area contributed by atoms with Gasteiger partial charge in [0.15, 0.2) is 0 Å². The number of hydrogen-bond acceptors (Lipinski definition) is 3. The maximum atomic E-state index is 14.4. The second kappa shape index (κ2) is 6.36. The Morgan fingerprint density at radius 1 is 1.42 bits per heavy atom. The lowest BCUT2D eigenvalue weighted by Crippen LogP contribution is -2.36. The van der Waals surface area contributed by atoms with Gasteiger partial charge in [-0.3, -0.25) is 4.79 Å². The summed E-state index contributed by atoms with van der Waals surface area (Å²) in [6, 6.07) is 4.96. The first-order valence-corrected chi connectivity index (χ1v) is 8.86. The number of aliphatic hydroxyl groups is 1. The van der Waals surface area contributed by atoms with Crippen LogP contribution >= 0.6 is 23.2 Å². The second-order valence-electron chi connectivity index (χ2n) is 6.90. The van der Waals surface area contributed by atoms with Crippen molar-refractivity contribution >= 4 is 34.8 Å². The molecule has 1 aliphatic carbocycles. The summed E-state index contributed by atoms with van der Waals surface area (Å²) in [5.74, 6) is -0.540. The van der Waals surface area contributed by atoms with Crippen molar-refractivity contribution in [1.82, 2.24) is 5.32 Å². The van der Waals surface area contributed by atoms with Gasteiger partial charge in [-0.15, -0.1) is 23.2 Å². The van der Waals surface area contributed by atoms with Crippen LogP contribution in [0.3, 0.4) is 0 Å². The van der Waals surface area contributed by atoms with Crippen LogP contribution in [0.15, 0.2) is 18.2 Å². The van der Waals surface area contributed by atoms with E-state index in [0.717, 1.165) is 0 Å². The molecular weight excluding hydrogens is 354 g/mol. The summed E-state index contributed by atoms with van der Waals surface area (Å²) in [5, 5.41) is 12.3. The number of carbonyl (C=O) groups is 1. The first kappa shape index (κ1) is 17.8. The van der Waals surface area contributed by atoms with Crippen molar-refractivity contribution in [3.8, 4) is 0 Å². The largest absolute Gasteiger partial charge is 0.393 e. The summed E-state index contributed by atoms with van der Waals surface area (Å²) in [5.41, 5.74) is 0.441. The number of nitrogens with one attached hydrogen (secondary N) is 1. The van der Waals surface area contributed by atoms with Gasteiger partial charge >= 0.3 is 0 Å². The van der Waals surface area contributed by atoms with Crippen molar-refractivity contribution in [2.24, 2.45) is 5.41 Å². The van der Waals surface area contributed by atoms with Crippen molar-refractivity contribution in [1.29, 1.82) is 0 Å². The Labute approximate surface area is 150 Å². The Balaban J connectivity index is 1.60. The minimum atomic E-state index is -1.01. The Morgan fingerprint density at radius 3 is 2.58 bits per heavy atom. The molecule has 1 amide bonds. The van der Waals surface area contributed by atoms with Crippen LogP contribution in [0.5, 0.6) is 0 Å². The standard InChI is InChI=1S/C17H21Cl2FN2O2/c1-16(10-17(16,18)19)15(24)21-9-11-2-3-14(13(20)8-11)22-6-4-12(23)5-7-22/h2-3,8,12,23H,4-7,9-10H2,1H3,(H,21,24). The summed E-state index contributed by atoms with van der Waals surface area (Å²) in [6.07, 6.45) is 1.42. The fourth-order valence-electron chi connectivity index (χ4n) is 3.05. The number of aliphatic hydroxyl groups excluding tert-OH is 1. The van der Waals surface area contributed by atoms with Crippen LogP contribution in [0, 0.1) is 11.2 Å². The number of benzene rings is 1. The van der Waals surface area contributed by atoms with Crippen molar-refractivity contribution in [3.63, 3.8) is 0 Å². The molecule has 1 saturated carbocycles. The number of rotatable bonds is 4. The molecule has 2 N–H and O–H groups in total. The quantitative estimate of drug-likeness (QED) is 0.796. The molecule has 1 heterocycles. The molecule has 2 aliphatic rings. The van der Waals surface area contributed by atoms with Crippen LogP contribution in [-0.4, -0.2) is 34.5 Å². The van der Waals surface area contributed by atoms with Gasteiger partial charge in [0.05, 0.1) is 17.2 Å². The summed E-state index contributed by atoms with van der Waals surface area (Å²) in [6.45, 7) is 3.23. The smallest absolute Gasteiger partial charge is 0.229 e. The van der Waals surface area contributed by atoms with Crippen LogP contribution in [0.4, 0.5) is 10.1 Å². The third-order valence-electron chi connectivity index (χ3n) is 5.03. The van der Waals surface area contributed by atoms with E-state index in [9.17, 15) is 14.3 Å². The van der Waals surface area contributed by atoms with Gasteiger partial charge in [-0.1, -0.05) is 6.07 Å². The van der Waals surface area contributed by atoms with Gasteiger partial charge in [-0.05, 0) is 43.9 Å². The van der Waals surface area contributed by atoms with Crippen LogP contribution in [0.25, 0.3) is 0 Å². The number of anilines is 1. The molecule has 0 radical (unpaired) electrons. The molecule has 1 aliphatic heterocycles. The maximum Gasteiger partial charge on any atom is 0.229 e. The number of nitrogens with zero attached hydrogens (tertiary/aromatic N) is 1. The summed E-state index contributed by atoms with van der Waals surface area (Å²) in [4.78, 5) is 14.1. The minimum Gasteiger partial charge on any atom is -0.393 e. The van der Waals surface area contributed by atoms with Crippen LogP contribution in [-0.2, 0) is 11.3 Å². The summed E-state index contributed by atoms with van der Waals surface area (Å²) in [7, 11) is 0. The van der Waals surface area contributed by atoms with Gasteiger partial charge in [0, 0.05) is 19.6 Å². The molecular formula is C17H21Cl2FN2O2. The van der Waals surface area contributed by atoms with Crippen LogP contribution in [0.1, 0.15) is 31.7 Å². The highest BCUT2D eigenvalue weighted by Gasteiger charge is 2.67. The fourth-order valence-corrected chi connectivity index (χ4v) is 3.75.